The summed E-state index contributed by atoms with van der Waals surface area (Å²) in [7, 11) is -1.27. The van der Waals surface area contributed by atoms with Gasteiger partial charge in [0.25, 0.3) is 0 Å². The van der Waals surface area contributed by atoms with Crippen LogP contribution in [0.2, 0.25) is 25.7 Å². The highest BCUT2D eigenvalue weighted by atomic mass is 28.3. The zero-order valence-corrected chi connectivity index (χ0v) is 26.1. The number of alkyl halides is 3. The fraction of sp³-hybridized carbons (Fsp3) is 0.250. The lowest BCUT2D eigenvalue weighted by atomic mass is 10.1. The lowest BCUT2D eigenvalue weighted by molar-refractivity contribution is -0.137. The van der Waals surface area contributed by atoms with E-state index in [1.807, 2.05) is 17.0 Å². The van der Waals surface area contributed by atoms with Gasteiger partial charge in [0.05, 0.1) is 24.5 Å². The Hall–Kier alpha value is -4.75. The van der Waals surface area contributed by atoms with Gasteiger partial charge in [-0.2, -0.15) is 18.3 Å². The Morgan fingerprint density at radius 1 is 1.09 bits per heavy atom. The highest BCUT2D eigenvalue weighted by Crippen LogP contribution is 2.32. The van der Waals surface area contributed by atoms with E-state index in [0.717, 1.165) is 29.3 Å². The number of ether oxygens (including phenoxy) is 2. The molecule has 2 aromatic carbocycles. The zero-order chi connectivity index (χ0) is 32.2. The molecule has 9 nitrogen and oxygen atoms in total. The third-order valence-corrected chi connectivity index (χ3v) is 8.55. The average Bonchev–Trinajstić information content (AvgIpc) is 3.59. The summed E-state index contributed by atoms with van der Waals surface area (Å²) in [6.07, 6.45) is 3.69. The number of amides is 1. The molecule has 0 saturated carbocycles. The molecule has 0 unspecified atom stereocenters. The lowest BCUT2D eigenvalue weighted by Gasteiger charge is -2.15. The molecule has 0 aliphatic heterocycles. The van der Waals surface area contributed by atoms with Gasteiger partial charge < -0.3 is 19.4 Å². The fourth-order valence-electron chi connectivity index (χ4n) is 4.46. The normalized spacial score (nSPS) is 12.0. The van der Waals surface area contributed by atoms with E-state index in [1.165, 1.54) is 24.4 Å². The summed E-state index contributed by atoms with van der Waals surface area (Å²) in [6.45, 7) is 11.5. The van der Waals surface area contributed by atoms with Gasteiger partial charge in [0.2, 0.25) is 11.8 Å². The van der Waals surface area contributed by atoms with Crippen LogP contribution >= 0.6 is 0 Å². The van der Waals surface area contributed by atoms with Crippen LogP contribution in [0.1, 0.15) is 11.1 Å². The summed E-state index contributed by atoms with van der Waals surface area (Å²) in [5.74, 6) is 0.348. The number of anilines is 1. The van der Waals surface area contributed by atoms with Crippen molar-refractivity contribution in [1.82, 2.24) is 24.3 Å². The van der Waals surface area contributed by atoms with Gasteiger partial charge in [0.15, 0.2) is 5.65 Å². The van der Waals surface area contributed by atoms with Crippen LogP contribution in [0, 0.1) is 0 Å². The molecule has 0 fully saturated rings. The molecule has 5 rings (SSSR count). The molecule has 1 N–H and O–H groups in total. The van der Waals surface area contributed by atoms with Gasteiger partial charge in [-0.05, 0) is 41.9 Å². The number of hydrogen-bond donors (Lipinski definition) is 1. The van der Waals surface area contributed by atoms with Crippen molar-refractivity contribution in [2.24, 2.45) is 0 Å². The molecular formula is C32H33F3N6O3Si. The number of nitrogens with one attached hydrogen (secondary N) is 1. The first-order valence-electron chi connectivity index (χ1n) is 14.2. The molecule has 0 atom stereocenters. The summed E-state index contributed by atoms with van der Waals surface area (Å²) in [5.41, 5.74) is 3.15. The minimum Gasteiger partial charge on any atom is -0.437 e. The van der Waals surface area contributed by atoms with E-state index in [1.54, 1.807) is 35.1 Å². The van der Waals surface area contributed by atoms with Crippen LogP contribution in [0.4, 0.5) is 18.9 Å². The maximum absolute atomic E-state index is 13.0. The molecule has 45 heavy (non-hydrogen) atoms. The second-order valence-electron chi connectivity index (χ2n) is 11.7. The highest BCUT2D eigenvalue weighted by molar-refractivity contribution is 6.76. The minimum atomic E-state index is -4.39. The first-order valence-corrected chi connectivity index (χ1v) is 17.9. The van der Waals surface area contributed by atoms with Crippen LogP contribution in [0.25, 0.3) is 22.3 Å². The molecule has 3 heterocycles. The van der Waals surface area contributed by atoms with Crippen LogP contribution < -0.4 is 10.1 Å². The van der Waals surface area contributed by atoms with Gasteiger partial charge in [-0.3, -0.25) is 9.48 Å². The Kier molecular flexibility index (Phi) is 9.21. The lowest BCUT2D eigenvalue weighted by Crippen LogP contribution is -2.22. The maximum Gasteiger partial charge on any atom is 0.416 e. The Balaban J connectivity index is 1.42. The molecule has 0 aliphatic rings. The summed E-state index contributed by atoms with van der Waals surface area (Å²) >= 11 is 0. The molecule has 0 spiro atoms. The van der Waals surface area contributed by atoms with Crippen molar-refractivity contribution in [1.29, 1.82) is 0 Å². The number of rotatable bonds is 12. The Morgan fingerprint density at radius 3 is 2.58 bits per heavy atom. The Labute approximate surface area is 259 Å². The van der Waals surface area contributed by atoms with E-state index >= 15 is 0 Å². The highest BCUT2D eigenvalue weighted by Gasteiger charge is 2.30. The van der Waals surface area contributed by atoms with Crippen molar-refractivity contribution in [3.05, 3.63) is 97.1 Å². The second kappa shape index (κ2) is 13.1. The first-order chi connectivity index (χ1) is 21.4. The quantitative estimate of drug-likeness (QED) is 0.0863. The molecular weight excluding hydrogens is 601 g/mol. The van der Waals surface area contributed by atoms with E-state index in [9.17, 15) is 18.0 Å². The largest absolute Gasteiger partial charge is 0.437 e. The first kappa shape index (κ1) is 31.7. The average molecular weight is 635 g/mol. The van der Waals surface area contributed by atoms with Crippen molar-refractivity contribution in [3.8, 4) is 22.8 Å². The van der Waals surface area contributed by atoms with Crippen LogP contribution in [0.5, 0.6) is 11.6 Å². The van der Waals surface area contributed by atoms with E-state index < -0.39 is 19.8 Å². The van der Waals surface area contributed by atoms with Crippen molar-refractivity contribution in [2.45, 2.75) is 45.1 Å². The third-order valence-electron chi connectivity index (χ3n) is 6.85. The number of hydrogen-bond acceptors (Lipinski definition) is 6. The van der Waals surface area contributed by atoms with Crippen LogP contribution in [-0.2, 0) is 29.0 Å². The molecule has 0 radical (unpaired) electrons. The van der Waals surface area contributed by atoms with E-state index in [2.05, 4.69) is 41.6 Å². The monoisotopic (exact) mass is 634 g/mol. The fourth-order valence-corrected chi connectivity index (χ4v) is 5.22. The summed E-state index contributed by atoms with van der Waals surface area (Å²) in [5, 5.41) is 7.14. The van der Waals surface area contributed by atoms with E-state index in [-0.39, 0.29) is 25.1 Å². The van der Waals surface area contributed by atoms with Crippen molar-refractivity contribution < 1.29 is 27.4 Å². The second-order valence-corrected chi connectivity index (χ2v) is 17.3. The number of nitrogens with zero attached hydrogens (tertiary/aromatic N) is 5. The number of carbonyl (C=O) groups is 1. The summed E-state index contributed by atoms with van der Waals surface area (Å²) in [6, 6.07) is 12.9. The number of benzene rings is 2. The standard InChI is InChI=1S/C32H33F3N6O3Si/c1-5-28(42)38-25-7-6-8-26(15-25)44-29-17-36-31-30(39-29)27(20-40(31)21-43-13-14-45(2,3)4)23-16-37-41(19-23)18-22-9-11-24(12-10-22)32(33,34)35/h5-12,15-17,19-20H,1,13-14,18,21H2,2-4H3,(H,38,42). The smallest absolute Gasteiger partial charge is 0.416 e. The van der Waals surface area contributed by atoms with Crippen molar-refractivity contribution in [3.63, 3.8) is 0 Å². The van der Waals surface area contributed by atoms with Crippen molar-refractivity contribution >= 4 is 30.8 Å². The van der Waals surface area contributed by atoms with E-state index in [4.69, 9.17) is 14.5 Å². The summed E-state index contributed by atoms with van der Waals surface area (Å²) in [4.78, 5) is 21.1. The number of fused-ring (bicyclic) bond motifs is 1. The number of carbonyl (C=O) groups excluding carboxylic acids is 1. The third kappa shape index (κ3) is 8.25. The number of halogens is 3. The van der Waals surface area contributed by atoms with Gasteiger partial charge in [-0.15, -0.1) is 0 Å². The molecule has 3 aromatic heterocycles. The Bertz CT molecular complexity index is 1810. The minimum absolute atomic E-state index is 0.241. The van der Waals surface area contributed by atoms with Gasteiger partial charge >= 0.3 is 6.18 Å². The molecule has 0 saturated heterocycles. The van der Waals surface area contributed by atoms with Gasteiger partial charge in [-0.1, -0.05) is 44.4 Å². The van der Waals surface area contributed by atoms with Crippen molar-refractivity contribution in [2.75, 3.05) is 11.9 Å². The predicted molar refractivity (Wildman–Crippen MR) is 169 cm³/mol. The Morgan fingerprint density at radius 2 is 1.87 bits per heavy atom. The zero-order valence-electron chi connectivity index (χ0n) is 25.1. The van der Waals surface area contributed by atoms with Gasteiger partial charge in [0.1, 0.15) is 18.0 Å². The SMILES string of the molecule is C=CC(=O)Nc1cccc(Oc2cnc3c(n2)c(-c2cnn(Cc4ccc(C(F)(F)F)cc4)c2)cn3COCC[Si](C)(C)C)c1. The number of aromatic nitrogens is 5. The molecule has 13 heteroatoms. The predicted octanol–water partition coefficient (Wildman–Crippen LogP) is 7.59. The van der Waals surface area contributed by atoms with Crippen LogP contribution in [-0.4, -0.2) is 44.9 Å². The molecule has 1 amide bonds. The molecule has 234 valence electrons. The summed E-state index contributed by atoms with van der Waals surface area (Å²) < 4.78 is 54.5. The topological polar surface area (TPSA) is 96.1 Å². The van der Waals surface area contributed by atoms with Gasteiger partial charge in [0, 0.05) is 50.0 Å². The maximum atomic E-state index is 13.0. The molecule has 0 bridgehead atoms. The van der Waals surface area contributed by atoms with E-state index in [0.29, 0.717) is 34.8 Å². The molecule has 0 aliphatic carbocycles. The van der Waals surface area contributed by atoms with Crippen LogP contribution in [0.15, 0.2) is 86.0 Å². The molecule has 5 aromatic rings. The van der Waals surface area contributed by atoms with Gasteiger partial charge in [-0.25, -0.2) is 9.97 Å². The van der Waals surface area contributed by atoms with Crippen LogP contribution in [0.3, 0.4) is 0 Å².